The van der Waals surface area contributed by atoms with Crippen molar-refractivity contribution in [3.05, 3.63) is 54.1 Å². The van der Waals surface area contributed by atoms with Crippen molar-refractivity contribution >= 4 is 53.1 Å². The Bertz CT molecular complexity index is 1560. The maximum absolute atomic E-state index is 13.9. The first kappa shape index (κ1) is 27.3. The van der Waals surface area contributed by atoms with Gasteiger partial charge in [0.05, 0.1) is 26.1 Å². The molecule has 206 valence electrons. The van der Waals surface area contributed by atoms with Crippen LogP contribution in [-0.4, -0.2) is 62.6 Å². The monoisotopic (exact) mass is 576 g/mol. The highest BCUT2D eigenvalue weighted by Crippen LogP contribution is 2.47. The third kappa shape index (κ3) is 5.69. The Morgan fingerprint density at radius 1 is 1.31 bits per heavy atom. The number of fused-ring (bicyclic) bond motifs is 2. The zero-order valence-corrected chi connectivity index (χ0v) is 22.6. The van der Waals surface area contributed by atoms with Gasteiger partial charge in [-0.3, -0.25) is 13.9 Å². The molecular formula is C24H26ClN6O7P. The topological polar surface area (TPSA) is 173 Å². The van der Waals surface area contributed by atoms with E-state index in [2.05, 4.69) is 20.0 Å². The van der Waals surface area contributed by atoms with Gasteiger partial charge in [-0.2, -0.15) is 15.1 Å². The van der Waals surface area contributed by atoms with Crippen LogP contribution in [0.2, 0.25) is 5.28 Å². The van der Waals surface area contributed by atoms with Crippen LogP contribution in [0.5, 0.6) is 5.75 Å². The van der Waals surface area contributed by atoms with Gasteiger partial charge in [0.15, 0.2) is 11.5 Å². The van der Waals surface area contributed by atoms with Crippen molar-refractivity contribution in [3.8, 4) is 5.75 Å². The van der Waals surface area contributed by atoms with Crippen molar-refractivity contribution in [1.82, 2.24) is 24.6 Å². The van der Waals surface area contributed by atoms with Gasteiger partial charge < -0.3 is 24.8 Å². The van der Waals surface area contributed by atoms with Gasteiger partial charge in [0.2, 0.25) is 5.28 Å². The number of imidazole rings is 1. The second-order valence-electron chi connectivity index (χ2n) is 8.87. The summed E-state index contributed by atoms with van der Waals surface area (Å²) in [6.45, 7) is 1.14. The Hall–Kier alpha value is -3.32. The lowest BCUT2D eigenvalue weighted by Crippen LogP contribution is -2.36. The number of nitrogens with one attached hydrogen (secondary N) is 1. The first-order valence-corrected chi connectivity index (χ1v) is 13.9. The number of methoxy groups -OCH3 is 1. The van der Waals surface area contributed by atoms with Crippen LogP contribution in [0.4, 0.5) is 5.82 Å². The molecule has 5 atom stereocenters. The summed E-state index contributed by atoms with van der Waals surface area (Å²) in [5, 5.41) is 14.8. The molecule has 1 aliphatic heterocycles. The highest BCUT2D eigenvalue weighted by atomic mass is 35.5. The van der Waals surface area contributed by atoms with Crippen molar-refractivity contribution in [2.24, 2.45) is 0 Å². The van der Waals surface area contributed by atoms with Crippen LogP contribution >= 0.6 is 19.3 Å². The lowest BCUT2D eigenvalue weighted by Gasteiger charge is -2.25. The van der Waals surface area contributed by atoms with Crippen LogP contribution in [0.1, 0.15) is 19.6 Å². The second-order valence-corrected chi connectivity index (χ2v) is 10.9. The average Bonchev–Trinajstić information content (AvgIpc) is 3.50. The number of nitrogen functional groups attached to an aromatic ring is 1. The number of carbonyl (C=O) groups excluding carboxylic acids is 1. The zero-order chi connectivity index (χ0) is 27.7. The van der Waals surface area contributed by atoms with Gasteiger partial charge in [0.25, 0.3) is 0 Å². The SMILES string of the molecule is COC(=O)[C@H](C)NP(=O)(OC[C@H]1O[C@@H](n2cnc3c(N)nc(Cl)nc32)C[C@@H]1O)Oc1cccc2ccccc12. The minimum Gasteiger partial charge on any atom is -0.468 e. The summed E-state index contributed by atoms with van der Waals surface area (Å²) in [5.41, 5.74) is 6.56. The molecule has 1 aliphatic rings. The van der Waals surface area contributed by atoms with Gasteiger partial charge >= 0.3 is 13.7 Å². The standard InChI is InChI=1S/C24H26ClN6O7P/c1-13(23(33)35-2)30-39(34,38-17-9-5-7-14-6-3-4-8-15(14)17)36-11-18-16(32)10-19(37-18)31-12-27-20-21(26)28-24(25)29-22(20)31/h3-9,12-13,16,18-19,32H,10-11H2,1-2H3,(H,30,34)(H2,26,28,29)/t13-,16-,18+,19+,39?/m0/s1. The van der Waals surface area contributed by atoms with Gasteiger partial charge in [-0.25, -0.2) is 9.55 Å². The van der Waals surface area contributed by atoms with E-state index >= 15 is 0 Å². The number of aromatic nitrogens is 4. The molecule has 13 nitrogen and oxygen atoms in total. The van der Waals surface area contributed by atoms with E-state index < -0.39 is 38.2 Å². The molecule has 0 radical (unpaired) electrons. The fraction of sp³-hybridized carbons (Fsp3) is 0.333. The first-order valence-electron chi connectivity index (χ1n) is 11.9. The highest BCUT2D eigenvalue weighted by molar-refractivity contribution is 7.52. The van der Waals surface area contributed by atoms with Crippen molar-refractivity contribution in [2.75, 3.05) is 19.5 Å². The fourth-order valence-corrected chi connectivity index (χ4v) is 5.98. The number of benzene rings is 2. The van der Waals surface area contributed by atoms with E-state index in [0.717, 1.165) is 5.39 Å². The largest absolute Gasteiger partial charge is 0.468 e. The summed E-state index contributed by atoms with van der Waals surface area (Å²) >= 11 is 5.96. The molecule has 0 bridgehead atoms. The number of nitrogens with zero attached hydrogens (tertiary/aromatic N) is 4. The van der Waals surface area contributed by atoms with Crippen molar-refractivity contribution in [1.29, 1.82) is 0 Å². The minimum atomic E-state index is -4.20. The number of aliphatic hydroxyl groups excluding tert-OH is 1. The van der Waals surface area contributed by atoms with Gasteiger partial charge in [-0.05, 0) is 30.0 Å². The Labute approximate surface area is 227 Å². The number of aliphatic hydroxyl groups is 1. The van der Waals surface area contributed by atoms with Gasteiger partial charge in [-0.15, -0.1) is 0 Å². The number of hydrogen-bond donors (Lipinski definition) is 3. The second kappa shape index (κ2) is 11.0. The molecule has 0 amide bonds. The number of anilines is 1. The molecule has 1 unspecified atom stereocenters. The number of ether oxygens (including phenoxy) is 2. The molecule has 2 aromatic carbocycles. The molecule has 5 rings (SSSR count). The summed E-state index contributed by atoms with van der Waals surface area (Å²) in [6, 6.07) is 11.6. The summed E-state index contributed by atoms with van der Waals surface area (Å²) in [6.07, 6.45) is -0.973. The Kier molecular flexibility index (Phi) is 7.72. The van der Waals surface area contributed by atoms with Crippen molar-refractivity contribution in [3.63, 3.8) is 0 Å². The number of rotatable bonds is 9. The van der Waals surface area contributed by atoms with Crippen LogP contribution in [0.3, 0.4) is 0 Å². The smallest absolute Gasteiger partial charge is 0.459 e. The summed E-state index contributed by atoms with van der Waals surface area (Å²) in [5.74, 6) is -0.269. The first-order chi connectivity index (χ1) is 18.7. The molecule has 0 aliphatic carbocycles. The van der Waals surface area contributed by atoms with Gasteiger partial charge in [0, 0.05) is 11.8 Å². The zero-order valence-electron chi connectivity index (χ0n) is 20.9. The molecule has 0 spiro atoms. The average molecular weight is 577 g/mol. The third-order valence-electron chi connectivity index (χ3n) is 6.22. The molecule has 3 heterocycles. The number of carbonyl (C=O) groups is 1. The normalized spacial score (nSPS) is 21.6. The van der Waals surface area contributed by atoms with E-state index in [-0.39, 0.29) is 29.9 Å². The molecule has 1 fully saturated rings. The van der Waals surface area contributed by atoms with E-state index in [0.29, 0.717) is 16.6 Å². The van der Waals surface area contributed by atoms with Crippen LogP contribution in [0, 0.1) is 0 Å². The van der Waals surface area contributed by atoms with Crippen LogP contribution < -0.4 is 15.3 Å². The van der Waals surface area contributed by atoms with Gasteiger partial charge in [0.1, 0.15) is 29.6 Å². The molecule has 2 aromatic heterocycles. The van der Waals surface area contributed by atoms with Crippen molar-refractivity contribution < 1.29 is 33.0 Å². The quantitative estimate of drug-likeness (QED) is 0.151. The Morgan fingerprint density at radius 2 is 2.08 bits per heavy atom. The predicted molar refractivity (Wildman–Crippen MR) is 142 cm³/mol. The minimum absolute atomic E-state index is 0.0579. The van der Waals surface area contributed by atoms with E-state index in [1.807, 2.05) is 30.3 Å². The van der Waals surface area contributed by atoms with E-state index in [4.69, 9.17) is 35.9 Å². The molecule has 0 saturated carbocycles. The van der Waals surface area contributed by atoms with E-state index in [1.165, 1.54) is 20.4 Å². The van der Waals surface area contributed by atoms with Crippen LogP contribution in [0.25, 0.3) is 21.9 Å². The lowest BCUT2D eigenvalue weighted by atomic mass is 10.1. The molecular weight excluding hydrogens is 551 g/mol. The Balaban J connectivity index is 1.36. The van der Waals surface area contributed by atoms with Gasteiger partial charge in [-0.1, -0.05) is 36.4 Å². The highest BCUT2D eigenvalue weighted by Gasteiger charge is 2.40. The van der Waals surface area contributed by atoms with Crippen molar-refractivity contribution in [2.45, 2.75) is 37.8 Å². The summed E-state index contributed by atoms with van der Waals surface area (Å²) in [7, 11) is -2.98. The molecule has 4 aromatic rings. The number of nitrogens with two attached hydrogens (primary N) is 1. The maximum atomic E-state index is 13.9. The van der Waals surface area contributed by atoms with E-state index in [1.54, 1.807) is 16.7 Å². The van der Waals surface area contributed by atoms with Crippen LogP contribution in [-0.2, 0) is 23.4 Å². The van der Waals surface area contributed by atoms with E-state index in [9.17, 15) is 14.5 Å². The number of halogens is 1. The maximum Gasteiger partial charge on any atom is 0.459 e. The predicted octanol–water partition coefficient (Wildman–Crippen LogP) is 3.22. The molecule has 15 heteroatoms. The summed E-state index contributed by atoms with van der Waals surface area (Å²) in [4.78, 5) is 24.3. The lowest BCUT2D eigenvalue weighted by molar-refractivity contribution is -0.142. The number of esters is 1. The summed E-state index contributed by atoms with van der Waals surface area (Å²) < 4.78 is 37.8. The molecule has 39 heavy (non-hydrogen) atoms. The van der Waals surface area contributed by atoms with Crippen LogP contribution in [0.15, 0.2) is 48.8 Å². The Morgan fingerprint density at radius 3 is 2.87 bits per heavy atom. The molecule has 1 saturated heterocycles. The third-order valence-corrected chi connectivity index (χ3v) is 8.02. The fourth-order valence-electron chi connectivity index (χ4n) is 4.29. The number of hydrogen-bond acceptors (Lipinski definition) is 11. The molecule has 4 N–H and O–H groups in total.